The second-order valence-electron chi connectivity index (χ2n) is 4.03. The highest BCUT2D eigenvalue weighted by atomic mass is 16.5. The summed E-state index contributed by atoms with van der Waals surface area (Å²) in [5.74, 6) is 0. The van der Waals surface area contributed by atoms with E-state index in [1.165, 1.54) is 0 Å². The zero-order valence-electron chi connectivity index (χ0n) is 11.1. The van der Waals surface area contributed by atoms with Crippen LogP contribution in [0, 0.1) is 0 Å². The van der Waals surface area contributed by atoms with Crippen molar-refractivity contribution in [2.45, 2.75) is 39.3 Å². The normalized spacial score (nSPS) is 13.3. The fourth-order valence-electron chi connectivity index (χ4n) is 1.31. The topological polar surface area (TPSA) is 39.7 Å². The number of rotatable bonds is 11. The van der Waals surface area contributed by atoms with Crippen molar-refractivity contribution in [2.75, 3.05) is 40.1 Å². The molecule has 0 aliphatic heterocycles. The van der Waals surface area contributed by atoms with E-state index in [0.717, 1.165) is 26.2 Å². The molecule has 0 heterocycles. The summed E-state index contributed by atoms with van der Waals surface area (Å²) in [6.45, 7) is 10.0. The van der Waals surface area contributed by atoms with Crippen LogP contribution in [0.2, 0.25) is 0 Å². The summed E-state index contributed by atoms with van der Waals surface area (Å²) in [4.78, 5) is 0. The molecule has 98 valence electrons. The summed E-state index contributed by atoms with van der Waals surface area (Å²) in [5.41, 5.74) is 0. The van der Waals surface area contributed by atoms with E-state index in [9.17, 15) is 0 Å². The van der Waals surface area contributed by atoms with Gasteiger partial charge in [0.05, 0.1) is 25.9 Å². The van der Waals surface area contributed by atoms with Crippen LogP contribution in [-0.2, 0) is 14.2 Å². The van der Waals surface area contributed by atoms with E-state index in [-0.39, 0.29) is 6.10 Å². The Bertz CT molecular complexity index is 142. The lowest BCUT2D eigenvalue weighted by Crippen LogP contribution is -2.35. The molecule has 0 aromatic rings. The predicted molar refractivity (Wildman–Crippen MR) is 65.9 cm³/mol. The summed E-state index contributed by atoms with van der Waals surface area (Å²) < 4.78 is 15.9. The highest BCUT2D eigenvalue weighted by molar-refractivity contribution is 4.65. The van der Waals surface area contributed by atoms with Gasteiger partial charge in [0.2, 0.25) is 0 Å². The van der Waals surface area contributed by atoms with Crippen molar-refractivity contribution in [3.8, 4) is 0 Å². The number of methoxy groups -OCH3 is 1. The third kappa shape index (κ3) is 10.4. The van der Waals surface area contributed by atoms with Gasteiger partial charge >= 0.3 is 0 Å². The number of likely N-dealkylation sites (N-methyl/N-ethyl adjacent to an activating group) is 1. The van der Waals surface area contributed by atoms with Crippen molar-refractivity contribution in [1.29, 1.82) is 0 Å². The SMILES string of the molecule is CCNC(CCOCCOC)COC(C)C. The zero-order valence-corrected chi connectivity index (χ0v) is 11.1. The van der Waals surface area contributed by atoms with Gasteiger partial charge in [-0.3, -0.25) is 0 Å². The van der Waals surface area contributed by atoms with Crippen molar-refractivity contribution in [1.82, 2.24) is 5.32 Å². The van der Waals surface area contributed by atoms with E-state index in [0.29, 0.717) is 19.3 Å². The molecular formula is C12H27NO3. The maximum atomic E-state index is 5.59. The first kappa shape index (κ1) is 15.8. The van der Waals surface area contributed by atoms with Crippen LogP contribution in [0.3, 0.4) is 0 Å². The summed E-state index contributed by atoms with van der Waals surface area (Å²) in [7, 11) is 1.68. The molecule has 0 aliphatic rings. The van der Waals surface area contributed by atoms with Crippen molar-refractivity contribution >= 4 is 0 Å². The molecule has 1 unspecified atom stereocenters. The Morgan fingerprint density at radius 3 is 2.44 bits per heavy atom. The lowest BCUT2D eigenvalue weighted by atomic mass is 10.2. The molecule has 16 heavy (non-hydrogen) atoms. The minimum atomic E-state index is 0.288. The van der Waals surface area contributed by atoms with Crippen LogP contribution in [0.15, 0.2) is 0 Å². The van der Waals surface area contributed by atoms with Crippen LogP contribution in [-0.4, -0.2) is 52.2 Å². The summed E-state index contributed by atoms with van der Waals surface area (Å²) >= 11 is 0. The monoisotopic (exact) mass is 233 g/mol. The fraction of sp³-hybridized carbons (Fsp3) is 1.00. The molecule has 4 nitrogen and oxygen atoms in total. The molecule has 0 radical (unpaired) electrons. The third-order valence-electron chi connectivity index (χ3n) is 2.17. The number of nitrogens with one attached hydrogen (secondary N) is 1. The van der Waals surface area contributed by atoms with Crippen molar-refractivity contribution < 1.29 is 14.2 Å². The van der Waals surface area contributed by atoms with E-state index in [2.05, 4.69) is 26.1 Å². The standard InChI is InChI=1S/C12H27NO3/c1-5-13-12(10-16-11(2)3)6-7-15-9-8-14-4/h11-13H,5-10H2,1-4H3. The van der Waals surface area contributed by atoms with Gasteiger partial charge in [0.25, 0.3) is 0 Å². The number of hydrogen-bond donors (Lipinski definition) is 1. The Morgan fingerprint density at radius 2 is 1.88 bits per heavy atom. The molecule has 0 spiro atoms. The van der Waals surface area contributed by atoms with Crippen molar-refractivity contribution in [2.24, 2.45) is 0 Å². The number of hydrogen-bond acceptors (Lipinski definition) is 4. The second kappa shape index (κ2) is 11.3. The van der Waals surface area contributed by atoms with Gasteiger partial charge in [0.1, 0.15) is 0 Å². The van der Waals surface area contributed by atoms with Crippen LogP contribution in [0.5, 0.6) is 0 Å². The van der Waals surface area contributed by atoms with Gasteiger partial charge in [-0.1, -0.05) is 6.92 Å². The molecule has 0 aromatic carbocycles. The van der Waals surface area contributed by atoms with Gasteiger partial charge in [-0.25, -0.2) is 0 Å². The van der Waals surface area contributed by atoms with E-state index in [1.54, 1.807) is 7.11 Å². The lowest BCUT2D eigenvalue weighted by molar-refractivity contribution is 0.0386. The minimum Gasteiger partial charge on any atom is -0.382 e. The molecule has 0 saturated heterocycles. The summed E-state index contributed by atoms with van der Waals surface area (Å²) in [6.07, 6.45) is 1.26. The molecular weight excluding hydrogens is 206 g/mol. The van der Waals surface area contributed by atoms with Crippen molar-refractivity contribution in [3.63, 3.8) is 0 Å². The Kier molecular flexibility index (Phi) is 11.2. The molecule has 0 saturated carbocycles. The maximum Gasteiger partial charge on any atom is 0.0700 e. The molecule has 0 bridgehead atoms. The highest BCUT2D eigenvalue weighted by Gasteiger charge is 2.08. The van der Waals surface area contributed by atoms with Gasteiger partial charge in [-0.05, 0) is 26.8 Å². The Labute approximate surface area is 99.6 Å². The first-order valence-corrected chi connectivity index (χ1v) is 6.12. The number of ether oxygens (including phenoxy) is 3. The molecule has 0 aliphatic carbocycles. The average molecular weight is 233 g/mol. The highest BCUT2D eigenvalue weighted by Crippen LogP contribution is 1.97. The van der Waals surface area contributed by atoms with Gasteiger partial charge in [0.15, 0.2) is 0 Å². The van der Waals surface area contributed by atoms with E-state index >= 15 is 0 Å². The van der Waals surface area contributed by atoms with Crippen molar-refractivity contribution in [3.05, 3.63) is 0 Å². The van der Waals surface area contributed by atoms with Crippen LogP contribution in [0.1, 0.15) is 27.2 Å². The lowest BCUT2D eigenvalue weighted by Gasteiger charge is -2.19. The van der Waals surface area contributed by atoms with Gasteiger partial charge < -0.3 is 19.5 Å². The quantitative estimate of drug-likeness (QED) is 0.548. The zero-order chi connectivity index (χ0) is 12.2. The first-order chi connectivity index (χ1) is 7.70. The largest absolute Gasteiger partial charge is 0.382 e. The molecule has 0 amide bonds. The maximum absolute atomic E-state index is 5.59. The van der Waals surface area contributed by atoms with Gasteiger partial charge in [-0.15, -0.1) is 0 Å². The molecule has 4 heteroatoms. The molecule has 0 aromatic heterocycles. The van der Waals surface area contributed by atoms with E-state index in [4.69, 9.17) is 14.2 Å². The van der Waals surface area contributed by atoms with Crippen LogP contribution in [0.4, 0.5) is 0 Å². The first-order valence-electron chi connectivity index (χ1n) is 6.12. The summed E-state index contributed by atoms with van der Waals surface area (Å²) in [6, 6.07) is 0.384. The van der Waals surface area contributed by atoms with Crippen LogP contribution in [0.25, 0.3) is 0 Å². The van der Waals surface area contributed by atoms with Crippen LogP contribution < -0.4 is 5.32 Å². The Balaban J connectivity index is 3.51. The smallest absolute Gasteiger partial charge is 0.0700 e. The fourth-order valence-corrected chi connectivity index (χ4v) is 1.31. The second-order valence-corrected chi connectivity index (χ2v) is 4.03. The average Bonchev–Trinajstić information content (AvgIpc) is 2.25. The van der Waals surface area contributed by atoms with Gasteiger partial charge in [-0.2, -0.15) is 0 Å². The molecule has 1 atom stereocenters. The third-order valence-corrected chi connectivity index (χ3v) is 2.17. The van der Waals surface area contributed by atoms with Gasteiger partial charge in [0, 0.05) is 19.8 Å². The van der Waals surface area contributed by atoms with E-state index < -0.39 is 0 Å². The molecule has 1 N–H and O–H groups in total. The Hall–Kier alpha value is -0.160. The molecule has 0 rings (SSSR count). The summed E-state index contributed by atoms with van der Waals surface area (Å²) in [5, 5.41) is 3.39. The Morgan fingerprint density at radius 1 is 1.12 bits per heavy atom. The van der Waals surface area contributed by atoms with E-state index in [1.807, 2.05) is 0 Å². The minimum absolute atomic E-state index is 0.288. The van der Waals surface area contributed by atoms with Crippen LogP contribution >= 0.6 is 0 Å². The molecule has 0 fully saturated rings. The predicted octanol–water partition coefficient (Wildman–Crippen LogP) is 1.44.